The van der Waals surface area contributed by atoms with Gasteiger partial charge in [-0.25, -0.2) is 0 Å². The minimum atomic E-state index is -0.239. The van der Waals surface area contributed by atoms with Gasteiger partial charge in [0.2, 0.25) is 0 Å². The van der Waals surface area contributed by atoms with E-state index in [9.17, 15) is 4.79 Å². The lowest BCUT2D eigenvalue weighted by Crippen LogP contribution is -2.14. The Kier molecular flexibility index (Phi) is 4.76. The summed E-state index contributed by atoms with van der Waals surface area (Å²) >= 11 is 0. The Bertz CT molecular complexity index is 988. The summed E-state index contributed by atoms with van der Waals surface area (Å²) in [5.41, 5.74) is 4.40. The summed E-state index contributed by atoms with van der Waals surface area (Å²) in [5, 5.41) is 9.78. The van der Waals surface area contributed by atoms with Crippen molar-refractivity contribution in [1.29, 1.82) is 0 Å². The molecule has 4 rings (SSSR count). The summed E-state index contributed by atoms with van der Waals surface area (Å²) in [5.74, 6) is 0.859. The Balaban J connectivity index is 0.00000160. The zero-order valence-electron chi connectivity index (χ0n) is 15.7. The van der Waals surface area contributed by atoms with Crippen LogP contribution in [0.5, 0.6) is 11.5 Å². The van der Waals surface area contributed by atoms with Gasteiger partial charge >= 0.3 is 0 Å². The number of ether oxygens (including phenoxy) is 2. The fourth-order valence-electron chi connectivity index (χ4n) is 3.19. The first kappa shape index (κ1) is 17.7. The van der Waals surface area contributed by atoms with Gasteiger partial charge in [0.25, 0.3) is 5.91 Å². The molecule has 1 heterocycles. The smallest absolute Gasteiger partial charge is 0.259 e. The number of para-hydroxylation sites is 2. The average Bonchev–Trinajstić information content (AvgIpc) is 3.18. The second-order valence-electron chi connectivity index (χ2n) is 6.41. The van der Waals surface area contributed by atoms with Crippen molar-refractivity contribution in [2.45, 2.75) is 6.17 Å². The first-order valence-corrected chi connectivity index (χ1v) is 8.93. The van der Waals surface area contributed by atoms with Gasteiger partial charge in [0.05, 0.1) is 31.2 Å². The number of amides is 1. The highest BCUT2D eigenvalue weighted by Gasteiger charge is 2.20. The van der Waals surface area contributed by atoms with Crippen molar-refractivity contribution >= 4 is 23.0 Å². The lowest BCUT2D eigenvalue weighted by molar-refractivity contribution is 0.102. The molecular formula is C22H25N3O3. The van der Waals surface area contributed by atoms with E-state index in [0.29, 0.717) is 22.7 Å². The van der Waals surface area contributed by atoms with Crippen LogP contribution in [0.2, 0.25) is 0 Å². The second kappa shape index (κ2) is 7.52. The van der Waals surface area contributed by atoms with Gasteiger partial charge in [-0.2, -0.15) is 0 Å². The first-order valence-electron chi connectivity index (χ1n) is 8.93. The molecule has 0 saturated carbocycles. The molecule has 0 unspecified atom stereocenters. The molecule has 3 N–H and O–H groups in total. The molecule has 0 atom stereocenters. The van der Waals surface area contributed by atoms with E-state index in [1.54, 1.807) is 25.3 Å². The largest absolute Gasteiger partial charge is 0.497 e. The van der Waals surface area contributed by atoms with Crippen LogP contribution >= 0.6 is 0 Å². The molecule has 146 valence electrons. The predicted molar refractivity (Wildman–Crippen MR) is 115 cm³/mol. The van der Waals surface area contributed by atoms with Crippen molar-refractivity contribution in [3.05, 3.63) is 77.9 Å². The normalized spacial score (nSPS) is 12.5. The van der Waals surface area contributed by atoms with Gasteiger partial charge in [-0.3, -0.25) is 4.79 Å². The maximum absolute atomic E-state index is 12.6. The number of nitrogens with one attached hydrogen (secondary N) is 3. The molecule has 1 aliphatic heterocycles. The number of fused-ring (bicyclic) bond motifs is 1. The molecular weight excluding hydrogens is 354 g/mol. The second-order valence-corrected chi connectivity index (χ2v) is 6.41. The zero-order chi connectivity index (χ0) is 19.5. The van der Waals surface area contributed by atoms with Gasteiger partial charge in [0.15, 0.2) is 0 Å². The molecule has 0 aliphatic carbocycles. The van der Waals surface area contributed by atoms with E-state index in [4.69, 9.17) is 9.47 Å². The number of hydrogen-bond donors (Lipinski definition) is 3. The van der Waals surface area contributed by atoms with Gasteiger partial charge < -0.3 is 25.4 Å². The van der Waals surface area contributed by atoms with Crippen LogP contribution in [0.15, 0.2) is 66.7 Å². The number of methoxy groups -OCH3 is 2. The zero-order valence-corrected chi connectivity index (χ0v) is 15.7. The fraction of sp³-hybridized carbons (Fsp3) is 0.136. The highest BCUT2D eigenvalue weighted by molar-refractivity contribution is 6.06. The molecule has 28 heavy (non-hydrogen) atoms. The van der Waals surface area contributed by atoms with Crippen LogP contribution in [-0.2, 0) is 0 Å². The fourth-order valence-corrected chi connectivity index (χ4v) is 3.19. The van der Waals surface area contributed by atoms with E-state index in [1.807, 2.05) is 48.5 Å². The molecule has 0 aromatic heterocycles. The maximum atomic E-state index is 12.6. The highest BCUT2D eigenvalue weighted by atomic mass is 16.5. The number of carbonyl (C=O) groups is 1. The van der Waals surface area contributed by atoms with Gasteiger partial charge in [-0.15, -0.1) is 0 Å². The van der Waals surface area contributed by atoms with Crippen molar-refractivity contribution in [2.75, 3.05) is 30.2 Å². The first-order chi connectivity index (χ1) is 13.7. The van der Waals surface area contributed by atoms with Crippen molar-refractivity contribution in [2.24, 2.45) is 0 Å². The number of anilines is 3. The van der Waals surface area contributed by atoms with Crippen LogP contribution in [0.25, 0.3) is 0 Å². The van der Waals surface area contributed by atoms with E-state index < -0.39 is 0 Å². The van der Waals surface area contributed by atoms with E-state index in [0.717, 1.165) is 16.9 Å². The quantitative estimate of drug-likeness (QED) is 0.583. The van der Waals surface area contributed by atoms with Gasteiger partial charge in [-0.1, -0.05) is 24.3 Å². The van der Waals surface area contributed by atoms with Crippen molar-refractivity contribution in [3.63, 3.8) is 0 Å². The average molecular weight is 379 g/mol. The van der Waals surface area contributed by atoms with E-state index >= 15 is 0 Å². The lowest BCUT2D eigenvalue weighted by atomic mass is 10.1. The third-order valence-electron chi connectivity index (χ3n) is 4.68. The summed E-state index contributed by atoms with van der Waals surface area (Å²) in [6.07, 6.45) is 0.00355. The van der Waals surface area contributed by atoms with Crippen LogP contribution in [-0.4, -0.2) is 20.1 Å². The summed E-state index contributed by atoms with van der Waals surface area (Å²) in [4.78, 5) is 12.6. The third-order valence-corrected chi connectivity index (χ3v) is 4.68. The van der Waals surface area contributed by atoms with Crippen LogP contribution in [0, 0.1) is 0 Å². The summed E-state index contributed by atoms with van der Waals surface area (Å²) < 4.78 is 10.5. The SMILES string of the molecule is COc1ccc(C(=O)Nc2ccc(C3Nc4ccccc4N3)cc2)c(OC)c1.[HH].[HH]. The molecule has 0 bridgehead atoms. The van der Waals surface area contributed by atoms with Crippen LogP contribution in [0.1, 0.15) is 24.9 Å². The van der Waals surface area contributed by atoms with Crippen LogP contribution in [0.3, 0.4) is 0 Å². The molecule has 3 aromatic carbocycles. The van der Waals surface area contributed by atoms with Crippen molar-refractivity contribution < 1.29 is 17.1 Å². The number of hydrogen-bond acceptors (Lipinski definition) is 5. The van der Waals surface area contributed by atoms with E-state index in [1.165, 1.54) is 7.11 Å². The molecule has 3 aromatic rings. The Morgan fingerprint density at radius 1 is 0.929 bits per heavy atom. The van der Waals surface area contributed by atoms with Crippen molar-refractivity contribution in [3.8, 4) is 11.5 Å². The summed E-state index contributed by atoms with van der Waals surface area (Å²) in [6.45, 7) is 0. The Labute approximate surface area is 166 Å². The lowest BCUT2D eigenvalue weighted by Gasteiger charge is -2.14. The summed E-state index contributed by atoms with van der Waals surface area (Å²) in [7, 11) is 3.10. The number of carbonyl (C=O) groups excluding carboxylic acids is 1. The third kappa shape index (κ3) is 3.44. The molecule has 0 radical (unpaired) electrons. The molecule has 1 aliphatic rings. The van der Waals surface area contributed by atoms with Crippen molar-refractivity contribution in [1.82, 2.24) is 0 Å². The summed E-state index contributed by atoms with van der Waals surface area (Å²) in [6, 6.07) is 20.9. The van der Waals surface area contributed by atoms with Gasteiger partial charge in [0, 0.05) is 14.6 Å². The molecule has 6 heteroatoms. The molecule has 0 fully saturated rings. The Morgan fingerprint density at radius 2 is 1.61 bits per heavy atom. The number of benzene rings is 3. The standard InChI is InChI=1S/C22H21N3O3.2H2/c1-27-16-11-12-17(20(13-16)28-2)22(26)23-15-9-7-14(8-10-15)21-24-18-5-3-4-6-19(18)25-21;;/h3-13,21,24-25H,1-2H3,(H,23,26);2*1H. The molecule has 0 spiro atoms. The minimum Gasteiger partial charge on any atom is -0.497 e. The van der Waals surface area contributed by atoms with Crippen LogP contribution < -0.4 is 25.4 Å². The molecule has 6 nitrogen and oxygen atoms in total. The topological polar surface area (TPSA) is 71.6 Å². The molecule has 1 amide bonds. The number of rotatable bonds is 5. The van der Waals surface area contributed by atoms with E-state index in [2.05, 4.69) is 16.0 Å². The predicted octanol–water partition coefficient (Wildman–Crippen LogP) is 4.98. The van der Waals surface area contributed by atoms with E-state index in [-0.39, 0.29) is 14.9 Å². The Morgan fingerprint density at radius 3 is 2.21 bits per heavy atom. The highest BCUT2D eigenvalue weighted by Crippen LogP contribution is 2.35. The monoisotopic (exact) mass is 379 g/mol. The van der Waals surface area contributed by atoms with Gasteiger partial charge in [-0.05, 0) is 42.0 Å². The maximum Gasteiger partial charge on any atom is 0.259 e. The van der Waals surface area contributed by atoms with Crippen LogP contribution in [0.4, 0.5) is 17.1 Å². The van der Waals surface area contributed by atoms with Gasteiger partial charge in [0.1, 0.15) is 17.7 Å². The minimum absolute atomic E-state index is 0. The Hall–Kier alpha value is -3.67. The molecule has 0 saturated heterocycles.